The molecule has 1 N–H and O–H groups in total. The van der Waals surface area contributed by atoms with Crippen LogP contribution in [0.2, 0.25) is 0 Å². The summed E-state index contributed by atoms with van der Waals surface area (Å²) in [5, 5.41) is 13.7. The van der Waals surface area contributed by atoms with Crippen molar-refractivity contribution >= 4 is 5.69 Å². The minimum atomic E-state index is -0.346. The van der Waals surface area contributed by atoms with Gasteiger partial charge in [0, 0.05) is 17.7 Å². The van der Waals surface area contributed by atoms with Crippen LogP contribution in [0.4, 0.5) is 5.69 Å². The highest BCUT2D eigenvalue weighted by Crippen LogP contribution is 2.22. The highest BCUT2D eigenvalue weighted by molar-refractivity contribution is 5.43. The van der Waals surface area contributed by atoms with Gasteiger partial charge in [-0.2, -0.15) is 0 Å². The van der Waals surface area contributed by atoms with Gasteiger partial charge in [-0.1, -0.05) is 12.1 Å². The SMILES string of the molecule is CN[C@H](C)c1ccc(C)c([N+](=O)[O-])c1. The predicted molar refractivity (Wildman–Crippen MR) is 55.3 cm³/mol. The van der Waals surface area contributed by atoms with Gasteiger partial charge in [0.1, 0.15) is 0 Å². The summed E-state index contributed by atoms with van der Waals surface area (Å²) in [7, 11) is 1.83. The Labute approximate surface area is 83.1 Å². The Morgan fingerprint density at radius 2 is 2.14 bits per heavy atom. The molecule has 0 saturated carbocycles. The molecule has 0 amide bonds. The van der Waals surface area contributed by atoms with Crippen LogP contribution >= 0.6 is 0 Å². The van der Waals surface area contributed by atoms with Crippen molar-refractivity contribution in [2.75, 3.05) is 7.05 Å². The average Bonchev–Trinajstić information content (AvgIpc) is 2.17. The van der Waals surface area contributed by atoms with E-state index in [9.17, 15) is 10.1 Å². The summed E-state index contributed by atoms with van der Waals surface area (Å²) in [5.41, 5.74) is 1.82. The first-order valence-corrected chi connectivity index (χ1v) is 4.48. The third-order valence-corrected chi connectivity index (χ3v) is 2.36. The number of nitrogens with one attached hydrogen (secondary N) is 1. The van der Waals surface area contributed by atoms with Crippen molar-refractivity contribution in [3.63, 3.8) is 0 Å². The maximum atomic E-state index is 10.7. The molecule has 76 valence electrons. The lowest BCUT2D eigenvalue weighted by atomic mass is 10.1. The van der Waals surface area contributed by atoms with Crippen LogP contribution in [0.15, 0.2) is 18.2 Å². The number of hydrogen-bond acceptors (Lipinski definition) is 3. The minimum absolute atomic E-state index is 0.134. The van der Waals surface area contributed by atoms with Crippen molar-refractivity contribution in [2.45, 2.75) is 19.9 Å². The monoisotopic (exact) mass is 194 g/mol. The first-order valence-electron chi connectivity index (χ1n) is 4.48. The van der Waals surface area contributed by atoms with Crippen LogP contribution in [0.3, 0.4) is 0 Å². The molecule has 0 heterocycles. The molecule has 0 fully saturated rings. The summed E-state index contributed by atoms with van der Waals surface area (Å²) >= 11 is 0. The standard InChI is InChI=1S/C10H14N2O2/c1-7-4-5-9(8(2)11-3)6-10(7)12(13)14/h4-6,8,11H,1-3H3/t8-/m1/s1. The van der Waals surface area contributed by atoms with E-state index in [1.807, 2.05) is 20.0 Å². The summed E-state index contributed by atoms with van der Waals surface area (Å²) in [4.78, 5) is 10.3. The molecule has 0 aliphatic rings. The average molecular weight is 194 g/mol. The van der Waals surface area contributed by atoms with Gasteiger partial charge in [-0.25, -0.2) is 0 Å². The maximum Gasteiger partial charge on any atom is 0.272 e. The number of aryl methyl sites for hydroxylation is 1. The van der Waals surface area contributed by atoms with E-state index in [1.165, 1.54) is 0 Å². The Hall–Kier alpha value is -1.42. The minimum Gasteiger partial charge on any atom is -0.313 e. The van der Waals surface area contributed by atoms with Crippen LogP contribution < -0.4 is 5.32 Å². The Kier molecular flexibility index (Phi) is 3.19. The summed E-state index contributed by atoms with van der Waals surface area (Å²) < 4.78 is 0. The lowest BCUT2D eigenvalue weighted by molar-refractivity contribution is -0.385. The number of hydrogen-bond donors (Lipinski definition) is 1. The summed E-state index contributed by atoms with van der Waals surface area (Å²) in [6.45, 7) is 3.71. The topological polar surface area (TPSA) is 55.2 Å². The highest BCUT2D eigenvalue weighted by atomic mass is 16.6. The van der Waals surface area contributed by atoms with Crippen molar-refractivity contribution in [1.82, 2.24) is 5.32 Å². The van der Waals surface area contributed by atoms with Crippen LogP contribution in [0, 0.1) is 17.0 Å². The molecule has 0 aliphatic heterocycles. The summed E-state index contributed by atoms with van der Waals surface area (Å²) in [6, 6.07) is 5.44. The van der Waals surface area contributed by atoms with E-state index in [4.69, 9.17) is 0 Å². The second kappa shape index (κ2) is 4.19. The third-order valence-electron chi connectivity index (χ3n) is 2.36. The van der Waals surface area contributed by atoms with Crippen LogP contribution in [0.5, 0.6) is 0 Å². The Morgan fingerprint density at radius 3 is 2.64 bits per heavy atom. The maximum absolute atomic E-state index is 10.7. The molecular formula is C10H14N2O2. The number of nitro groups is 1. The lowest BCUT2D eigenvalue weighted by Gasteiger charge is -2.10. The van der Waals surface area contributed by atoms with E-state index in [1.54, 1.807) is 19.1 Å². The Balaban J connectivity index is 3.12. The lowest BCUT2D eigenvalue weighted by Crippen LogP contribution is -2.12. The molecule has 0 saturated heterocycles. The fraction of sp³-hybridized carbons (Fsp3) is 0.400. The van der Waals surface area contributed by atoms with Crippen LogP contribution in [0.25, 0.3) is 0 Å². The normalized spacial score (nSPS) is 12.5. The van der Waals surface area contributed by atoms with Crippen molar-refractivity contribution in [2.24, 2.45) is 0 Å². The van der Waals surface area contributed by atoms with Gasteiger partial charge in [0.2, 0.25) is 0 Å². The Bertz CT molecular complexity index is 350. The number of nitrogens with zero attached hydrogens (tertiary/aromatic N) is 1. The Morgan fingerprint density at radius 1 is 1.50 bits per heavy atom. The van der Waals surface area contributed by atoms with Crippen molar-refractivity contribution in [3.8, 4) is 0 Å². The van der Waals surface area contributed by atoms with Gasteiger partial charge in [0.25, 0.3) is 5.69 Å². The summed E-state index contributed by atoms with van der Waals surface area (Å²) in [5.74, 6) is 0. The molecule has 1 rings (SSSR count). The third kappa shape index (κ3) is 2.09. The largest absolute Gasteiger partial charge is 0.313 e. The molecular weight excluding hydrogens is 180 g/mol. The molecule has 0 aliphatic carbocycles. The molecule has 0 unspecified atom stereocenters. The van der Waals surface area contributed by atoms with Gasteiger partial charge in [-0.3, -0.25) is 10.1 Å². The molecule has 0 radical (unpaired) electrons. The van der Waals surface area contributed by atoms with Gasteiger partial charge in [-0.05, 0) is 26.5 Å². The van der Waals surface area contributed by atoms with Crippen LogP contribution in [0.1, 0.15) is 24.1 Å². The van der Waals surface area contributed by atoms with Gasteiger partial charge in [0.05, 0.1) is 4.92 Å². The second-order valence-electron chi connectivity index (χ2n) is 3.31. The van der Waals surface area contributed by atoms with E-state index in [0.717, 1.165) is 5.56 Å². The molecule has 14 heavy (non-hydrogen) atoms. The zero-order valence-corrected chi connectivity index (χ0v) is 8.57. The van der Waals surface area contributed by atoms with E-state index in [2.05, 4.69) is 5.32 Å². The molecule has 0 bridgehead atoms. The van der Waals surface area contributed by atoms with Gasteiger partial charge >= 0.3 is 0 Å². The quantitative estimate of drug-likeness (QED) is 0.592. The molecule has 4 nitrogen and oxygen atoms in total. The van der Waals surface area contributed by atoms with Crippen molar-refractivity contribution < 1.29 is 4.92 Å². The molecule has 4 heteroatoms. The van der Waals surface area contributed by atoms with Crippen molar-refractivity contribution in [1.29, 1.82) is 0 Å². The molecule has 1 aromatic carbocycles. The number of benzene rings is 1. The van der Waals surface area contributed by atoms with Crippen LogP contribution in [-0.4, -0.2) is 12.0 Å². The fourth-order valence-electron chi connectivity index (χ4n) is 1.26. The zero-order chi connectivity index (χ0) is 10.7. The van der Waals surface area contributed by atoms with Gasteiger partial charge in [-0.15, -0.1) is 0 Å². The van der Waals surface area contributed by atoms with Crippen LogP contribution in [-0.2, 0) is 0 Å². The smallest absolute Gasteiger partial charge is 0.272 e. The molecule has 1 atom stereocenters. The first-order chi connectivity index (χ1) is 6.56. The van der Waals surface area contributed by atoms with E-state index in [0.29, 0.717) is 5.56 Å². The van der Waals surface area contributed by atoms with Gasteiger partial charge < -0.3 is 5.32 Å². The first kappa shape index (κ1) is 10.7. The van der Waals surface area contributed by atoms with E-state index >= 15 is 0 Å². The molecule has 0 aromatic heterocycles. The van der Waals surface area contributed by atoms with Crippen molar-refractivity contribution in [3.05, 3.63) is 39.4 Å². The van der Waals surface area contributed by atoms with E-state index in [-0.39, 0.29) is 16.7 Å². The number of rotatable bonds is 3. The molecule has 0 spiro atoms. The zero-order valence-electron chi connectivity index (χ0n) is 8.57. The van der Waals surface area contributed by atoms with Gasteiger partial charge in [0.15, 0.2) is 0 Å². The summed E-state index contributed by atoms with van der Waals surface area (Å²) in [6.07, 6.45) is 0. The van der Waals surface area contributed by atoms with E-state index < -0.39 is 0 Å². The number of nitro benzene ring substituents is 1. The molecule has 1 aromatic rings. The second-order valence-corrected chi connectivity index (χ2v) is 3.31. The fourth-order valence-corrected chi connectivity index (χ4v) is 1.26. The predicted octanol–water partition coefficient (Wildman–Crippen LogP) is 2.18. The highest BCUT2D eigenvalue weighted by Gasteiger charge is 2.12.